The first-order valence-electron chi connectivity index (χ1n) is 12.0. The van der Waals surface area contributed by atoms with E-state index in [1.54, 1.807) is 28.9 Å². The Kier molecular flexibility index (Phi) is 7.16. The number of fused-ring (bicyclic) bond motifs is 1. The molecular formula is C26H33N3O5. The molecule has 4 rings (SSSR count). The van der Waals surface area contributed by atoms with Crippen molar-refractivity contribution in [3.8, 4) is 0 Å². The Morgan fingerprint density at radius 2 is 2.00 bits per heavy atom. The molecule has 34 heavy (non-hydrogen) atoms. The molecule has 2 aliphatic heterocycles. The fraction of sp³-hybridized carbons (Fsp3) is 0.538. The lowest BCUT2D eigenvalue weighted by atomic mass is 9.75. The summed E-state index contributed by atoms with van der Waals surface area (Å²) in [5, 5.41) is 7.91. The Balaban J connectivity index is 1.48. The molecule has 2 aromatic rings. The Hall–Kier alpha value is -3.00. The average molecular weight is 468 g/mol. The minimum Gasteiger partial charge on any atom is -0.462 e. The second-order valence-corrected chi connectivity index (χ2v) is 9.61. The fourth-order valence-electron chi connectivity index (χ4n) is 4.88. The summed E-state index contributed by atoms with van der Waals surface area (Å²) in [6.45, 7) is 8.37. The van der Waals surface area contributed by atoms with Crippen LogP contribution < -0.4 is 5.32 Å². The Bertz CT molecular complexity index is 1080. The van der Waals surface area contributed by atoms with Crippen LogP contribution in [0.15, 0.2) is 24.3 Å². The summed E-state index contributed by atoms with van der Waals surface area (Å²) in [5.41, 5.74) is 3.42. The highest BCUT2D eigenvalue weighted by Crippen LogP contribution is 2.38. The highest BCUT2D eigenvalue weighted by molar-refractivity contribution is 5.97. The van der Waals surface area contributed by atoms with Gasteiger partial charge in [-0.2, -0.15) is 5.10 Å². The van der Waals surface area contributed by atoms with E-state index in [0.29, 0.717) is 49.5 Å². The van der Waals surface area contributed by atoms with Gasteiger partial charge in [0.25, 0.3) is 5.91 Å². The second kappa shape index (κ2) is 10.1. The summed E-state index contributed by atoms with van der Waals surface area (Å²) >= 11 is 0. The molecular weight excluding hydrogens is 434 g/mol. The predicted octanol–water partition coefficient (Wildman–Crippen LogP) is 3.22. The van der Waals surface area contributed by atoms with Crippen LogP contribution in [0.4, 0.5) is 0 Å². The highest BCUT2D eigenvalue weighted by atomic mass is 16.5. The molecule has 0 radical (unpaired) electrons. The first-order valence-corrected chi connectivity index (χ1v) is 12.0. The third kappa shape index (κ3) is 5.06. The normalized spacial score (nSPS) is 18.0. The van der Waals surface area contributed by atoms with Gasteiger partial charge in [0, 0.05) is 37.4 Å². The van der Waals surface area contributed by atoms with Crippen molar-refractivity contribution in [3.05, 3.63) is 52.3 Å². The Labute approximate surface area is 200 Å². The van der Waals surface area contributed by atoms with Crippen LogP contribution in [0.2, 0.25) is 0 Å². The van der Waals surface area contributed by atoms with Crippen LogP contribution in [-0.4, -0.2) is 53.8 Å². The van der Waals surface area contributed by atoms with E-state index in [9.17, 15) is 14.4 Å². The van der Waals surface area contributed by atoms with Crippen LogP contribution in [0.3, 0.4) is 0 Å². The quantitative estimate of drug-likeness (QED) is 0.496. The molecule has 1 saturated heterocycles. The van der Waals surface area contributed by atoms with E-state index in [2.05, 4.69) is 5.32 Å². The molecule has 0 aliphatic carbocycles. The fourth-order valence-corrected chi connectivity index (χ4v) is 4.88. The van der Waals surface area contributed by atoms with Gasteiger partial charge in [0.2, 0.25) is 0 Å². The number of benzene rings is 1. The minimum absolute atomic E-state index is 0.00700. The van der Waals surface area contributed by atoms with Crippen molar-refractivity contribution in [2.75, 3.05) is 26.4 Å². The number of ether oxygens (including phenoxy) is 2. The Morgan fingerprint density at radius 1 is 1.26 bits per heavy atom. The molecule has 1 N–H and O–H groups in total. The third-order valence-corrected chi connectivity index (χ3v) is 6.92. The maximum atomic E-state index is 13.0. The highest BCUT2D eigenvalue weighted by Gasteiger charge is 2.39. The summed E-state index contributed by atoms with van der Waals surface area (Å²) in [6, 6.07) is 6.57. The van der Waals surface area contributed by atoms with Crippen molar-refractivity contribution in [2.24, 2.45) is 11.3 Å². The number of carbonyl (C=O) groups excluding carboxylic acids is 3. The lowest BCUT2D eigenvalue weighted by Crippen LogP contribution is -2.40. The van der Waals surface area contributed by atoms with Gasteiger partial charge >= 0.3 is 5.97 Å². The van der Waals surface area contributed by atoms with Crippen molar-refractivity contribution in [1.29, 1.82) is 0 Å². The van der Waals surface area contributed by atoms with Crippen molar-refractivity contribution in [3.63, 3.8) is 0 Å². The van der Waals surface area contributed by atoms with Gasteiger partial charge in [0.05, 0.1) is 17.9 Å². The number of hydrogen-bond donors (Lipinski definition) is 1. The molecule has 1 spiro atoms. The van der Waals surface area contributed by atoms with E-state index >= 15 is 0 Å². The van der Waals surface area contributed by atoms with Crippen molar-refractivity contribution >= 4 is 17.7 Å². The molecule has 1 aromatic heterocycles. The molecule has 1 atom stereocenters. The minimum atomic E-state index is -0.451. The first-order chi connectivity index (χ1) is 16.3. The molecule has 2 aliphatic rings. The van der Waals surface area contributed by atoms with Crippen molar-refractivity contribution < 1.29 is 23.9 Å². The van der Waals surface area contributed by atoms with Gasteiger partial charge in [-0.3, -0.25) is 14.3 Å². The summed E-state index contributed by atoms with van der Waals surface area (Å²) in [6.07, 6.45) is 3.23. The number of carbonyl (C=O) groups is 3. The number of aromatic nitrogens is 2. The van der Waals surface area contributed by atoms with Gasteiger partial charge < -0.3 is 14.8 Å². The standard InChI is InChI=1S/C26H33N3O5/c1-4-29-23-21(14-26(16-27-24(23)31)8-10-33-11-9-26)22(28-29)12-17(2)15-34-25(32)20-7-5-6-19(13-20)18(3)30/h5-7,13,17H,4,8-12,14-16H2,1-3H3,(H,27,31)/t17-/m1/s1. The van der Waals surface area contributed by atoms with Gasteiger partial charge in [-0.15, -0.1) is 0 Å². The van der Waals surface area contributed by atoms with Gasteiger partial charge in [-0.05, 0) is 63.0 Å². The van der Waals surface area contributed by atoms with Crippen LogP contribution in [0, 0.1) is 11.3 Å². The van der Waals surface area contributed by atoms with Crippen LogP contribution in [0.25, 0.3) is 0 Å². The van der Waals surface area contributed by atoms with E-state index < -0.39 is 5.97 Å². The number of rotatable bonds is 7. The lowest BCUT2D eigenvalue weighted by Gasteiger charge is -2.36. The molecule has 1 aromatic carbocycles. The molecule has 0 saturated carbocycles. The molecule has 1 fully saturated rings. The smallest absolute Gasteiger partial charge is 0.338 e. The average Bonchev–Trinajstić information content (AvgIpc) is 3.11. The van der Waals surface area contributed by atoms with Crippen molar-refractivity contribution in [1.82, 2.24) is 15.1 Å². The zero-order chi connectivity index (χ0) is 24.3. The zero-order valence-corrected chi connectivity index (χ0v) is 20.2. The number of ketones is 1. The van der Waals surface area contributed by atoms with E-state index in [-0.39, 0.29) is 29.6 Å². The van der Waals surface area contributed by atoms with E-state index in [0.717, 1.165) is 30.5 Å². The molecule has 0 unspecified atom stereocenters. The topological polar surface area (TPSA) is 99.5 Å². The van der Waals surface area contributed by atoms with Crippen LogP contribution in [0.5, 0.6) is 0 Å². The molecule has 8 heteroatoms. The summed E-state index contributed by atoms with van der Waals surface area (Å²) in [7, 11) is 0. The number of nitrogens with zero attached hydrogens (tertiary/aromatic N) is 2. The third-order valence-electron chi connectivity index (χ3n) is 6.92. The van der Waals surface area contributed by atoms with E-state index in [1.807, 2.05) is 13.8 Å². The maximum absolute atomic E-state index is 13.0. The van der Waals surface area contributed by atoms with Crippen LogP contribution in [-0.2, 0) is 28.9 Å². The molecule has 8 nitrogen and oxygen atoms in total. The van der Waals surface area contributed by atoms with Gasteiger partial charge in [0.1, 0.15) is 5.69 Å². The monoisotopic (exact) mass is 467 g/mol. The molecule has 1 amide bonds. The number of esters is 1. The number of Topliss-reactive ketones (excluding diaryl/α,β-unsaturated/α-hetero) is 1. The lowest BCUT2D eigenvalue weighted by molar-refractivity contribution is 0.0160. The summed E-state index contributed by atoms with van der Waals surface area (Å²) in [5.74, 6) is -0.598. The number of hydrogen-bond acceptors (Lipinski definition) is 6. The maximum Gasteiger partial charge on any atom is 0.338 e. The summed E-state index contributed by atoms with van der Waals surface area (Å²) < 4.78 is 12.9. The van der Waals surface area contributed by atoms with Gasteiger partial charge in [0.15, 0.2) is 5.78 Å². The van der Waals surface area contributed by atoms with E-state index in [4.69, 9.17) is 14.6 Å². The first kappa shape index (κ1) is 24.1. The zero-order valence-electron chi connectivity index (χ0n) is 20.2. The number of aryl methyl sites for hydroxylation is 1. The second-order valence-electron chi connectivity index (χ2n) is 9.61. The number of amides is 1. The molecule has 0 bridgehead atoms. The van der Waals surface area contributed by atoms with Gasteiger partial charge in [-0.25, -0.2) is 4.79 Å². The van der Waals surface area contributed by atoms with Crippen molar-refractivity contribution in [2.45, 2.75) is 53.0 Å². The number of nitrogens with one attached hydrogen (secondary N) is 1. The summed E-state index contributed by atoms with van der Waals surface area (Å²) in [4.78, 5) is 37.1. The van der Waals surface area contributed by atoms with Crippen LogP contribution in [0.1, 0.15) is 76.1 Å². The molecule has 182 valence electrons. The SMILES string of the molecule is CCn1nc(C[C@@H](C)COC(=O)c2cccc(C(C)=O)c2)c2c1C(=O)NCC1(CCOCC1)C2. The largest absolute Gasteiger partial charge is 0.462 e. The molecule has 3 heterocycles. The Morgan fingerprint density at radius 3 is 2.71 bits per heavy atom. The van der Waals surface area contributed by atoms with Crippen LogP contribution >= 0.6 is 0 Å². The predicted molar refractivity (Wildman–Crippen MR) is 126 cm³/mol. The van der Waals surface area contributed by atoms with E-state index in [1.165, 1.54) is 6.92 Å². The van der Waals surface area contributed by atoms with Gasteiger partial charge in [-0.1, -0.05) is 19.1 Å².